The molecule has 7 nitrogen and oxygen atoms in total. The highest BCUT2D eigenvalue weighted by Crippen LogP contribution is 2.21. The minimum atomic E-state index is -3.52. The number of piperazine rings is 1. The fourth-order valence-electron chi connectivity index (χ4n) is 2.37. The van der Waals surface area contributed by atoms with Gasteiger partial charge in [0.15, 0.2) is 5.03 Å². The summed E-state index contributed by atoms with van der Waals surface area (Å²) >= 11 is 0. The zero-order chi connectivity index (χ0) is 14.0. The Balaban J connectivity index is 2.25. The van der Waals surface area contributed by atoms with Crippen LogP contribution < -0.4 is 5.73 Å². The summed E-state index contributed by atoms with van der Waals surface area (Å²) in [5.74, 6) is 0. The van der Waals surface area contributed by atoms with E-state index in [0.717, 1.165) is 13.0 Å². The summed E-state index contributed by atoms with van der Waals surface area (Å²) in [5.41, 5.74) is 6.08. The maximum Gasteiger partial charge on any atom is 0.260 e. The molecule has 2 heterocycles. The van der Waals surface area contributed by atoms with Gasteiger partial charge in [-0.15, -0.1) is 0 Å². The van der Waals surface area contributed by atoms with Crippen molar-refractivity contribution >= 4 is 10.0 Å². The molecule has 1 fully saturated rings. The van der Waals surface area contributed by atoms with Crippen LogP contribution in [0.1, 0.15) is 18.9 Å². The molecule has 0 aromatic carbocycles. The normalized spacial score (nSPS) is 22.8. The Labute approximate surface area is 113 Å². The van der Waals surface area contributed by atoms with Crippen molar-refractivity contribution in [2.75, 3.05) is 26.7 Å². The smallest absolute Gasteiger partial charge is 0.260 e. The first kappa shape index (κ1) is 14.4. The van der Waals surface area contributed by atoms with E-state index in [1.165, 1.54) is 10.5 Å². The minimum absolute atomic E-state index is 0.134. The lowest BCUT2D eigenvalue weighted by Gasteiger charge is -2.38. The number of H-pyrrole nitrogens is 1. The van der Waals surface area contributed by atoms with Crippen LogP contribution in [0.25, 0.3) is 0 Å². The van der Waals surface area contributed by atoms with E-state index >= 15 is 0 Å². The fraction of sp³-hybridized carbons (Fsp3) is 0.727. The number of nitrogens with zero attached hydrogens (tertiary/aromatic N) is 3. The number of likely N-dealkylation sites (N-methyl/N-ethyl adjacent to an activating group) is 1. The van der Waals surface area contributed by atoms with Gasteiger partial charge in [0, 0.05) is 37.8 Å². The lowest BCUT2D eigenvalue weighted by molar-refractivity contribution is 0.144. The van der Waals surface area contributed by atoms with E-state index in [-0.39, 0.29) is 17.6 Å². The molecule has 3 N–H and O–H groups in total. The van der Waals surface area contributed by atoms with Crippen LogP contribution in [0.3, 0.4) is 0 Å². The van der Waals surface area contributed by atoms with Gasteiger partial charge >= 0.3 is 0 Å². The molecule has 1 saturated heterocycles. The lowest BCUT2D eigenvalue weighted by atomic mass is 10.1. The zero-order valence-electron chi connectivity index (χ0n) is 11.3. The molecule has 0 aliphatic carbocycles. The van der Waals surface area contributed by atoms with Gasteiger partial charge in [-0.05, 0) is 13.5 Å². The Hall–Kier alpha value is -0.960. The second-order valence-electron chi connectivity index (χ2n) is 4.83. The number of aromatic amines is 1. The van der Waals surface area contributed by atoms with E-state index in [2.05, 4.69) is 22.0 Å². The van der Waals surface area contributed by atoms with Gasteiger partial charge < -0.3 is 10.6 Å². The van der Waals surface area contributed by atoms with E-state index in [1.807, 2.05) is 7.05 Å². The van der Waals surface area contributed by atoms with Gasteiger partial charge in [-0.25, -0.2) is 8.42 Å². The molecule has 1 aliphatic heterocycles. The summed E-state index contributed by atoms with van der Waals surface area (Å²) in [7, 11) is -1.49. The number of hydrogen-bond acceptors (Lipinski definition) is 5. The van der Waals surface area contributed by atoms with Crippen LogP contribution >= 0.6 is 0 Å². The quantitative estimate of drug-likeness (QED) is 0.784. The monoisotopic (exact) mass is 287 g/mol. The van der Waals surface area contributed by atoms with Crippen molar-refractivity contribution in [3.05, 3.63) is 11.8 Å². The number of nitrogens with two attached hydrogens (primary N) is 1. The average Bonchev–Trinajstić information content (AvgIpc) is 2.88. The maximum absolute atomic E-state index is 12.6. The van der Waals surface area contributed by atoms with Crippen molar-refractivity contribution in [3.63, 3.8) is 0 Å². The lowest BCUT2D eigenvalue weighted by Crippen LogP contribution is -2.53. The number of aromatic nitrogens is 2. The van der Waals surface area contributed by atoms with Crippen molar-refractivity contribution in [2.24, 2.45) is 5.73 Å². The highest BCUT2D eigenvalue weighted by atomic mass is 32.2. The molecule has 1 aromatic heterocycles. The molecule has 1 aliphatic rings. The SMILES string of the molecule is CCC1CN(S(=O)(=O)c2[nH]ncc2CN)CCN1C. The highest BCUT2D eigenvalue weighted by Gasteiger charge is 2.33. The molecule has 0 bridgehead atoms. The van der Waals surface area contributed by atoms with Gasteiger partial charge in [-0.2, -0.15) is 9.40 Å². The number of rotatable bonds is 4. The summed E-state index contributed by atoms with van der Waals surface area (Å²) in [6.07, 6.45) is 2.40. The van der Waals surface area contributed by atoms with Crippen molar-refractivity contribution < 1.29 is 8.42 Å². The van der Waals surface area contributed by atoms with Crippen molar-refractivity contribution in [3.8, 4) is 0 Å². The number of sulfonamides is 1. The van der Waals surface area contributed by atoms with Crippen LogP contribution in [0.5, 0.6) is 0 Å². The van der Waals surface area contributed by atoms with Gasteiger partial charge in [0.25, 0.3) is 10.0 Å². The van der Waals surface area contributed by atoms with E-state index < -0.39 is 10.0 Å². The minimum Gasteiger partial charge on any atom is -0.326 e. The van der Waals surface area contributed by atoms with Crippen LogP contribution in [0, 0.1) is 0 Å². The Morgan fingerprint density at radius 3 is 2.89 bits per heavy atom. The summed E-state index contributed by atoms with van der Waals surface area (Å²) in [5, 5.41) is 6.49. The molecule has 0 radical (unpaired) electrons. The molecule has 1 atom stereocenters. The molecule has 19 heavy (non-hydrogen) atoms. The van der Waals surface area contributed by atoms with Crippen LogP contribution in [0.15, 0.2) is 11.2 Å². The Morgan fingerprint density at radius 2 is 2.26 bits per heavy atom. The van der Waals surface area contributed by atoms with Gasteiger partial charge in [-0.3, -0.25) is 5.10 Å². The molecule has 2 rings (SSSR count). The molecular formula is C11H21N5O2S. The van der Waals surface area contributed by atoms with Crippen LogP contribution in [0.4, 0.5) is 0 Å². The molecule has 0 amide bonds. The van der Waals surface area contributed by atoms with Gasteiger partial charge in [0.2, 0.25) is 0 Å². The zero-order valence-corrected chi connectivity index (χ0v) is 12.2. The van der Waals surface area contributed by atoms with Crippen LogP contribution in [-0.2, 0) is 16.6 Å². The van der Waals surface area contributed by atoms with Gasteiger partial charge in [0.1, 0.15) is 0 Å². The van der Waals surface area contributed by atoms with Crippen molar-refractivity contribution in [1.29, 1.82) is 0 Å². The van der Waals surface area contributed by atoms with Crippen molar-refractivity contribution in [1.82, 2.24) is 19.4 Å². The predicted octanol–water partition coefficient (Wildman–Crippen LogP) is -0.417. The molecule has 1 unspecified atom stereocenters. The second-order valence-corrected chi connectivity index (χ2v) is 6.71. The third kappa shape index (κ3) is 2.66. The Kier molecular flexibility index (Phi) is 4.24. The van der Waals surface area contributed by atoms with E-state index in [1.54, 1.807) is 0 Å². The van der Waals surface area contributed by atoms with Gasteiger partial charge in [0.05, 0.1) is 6.20 Å². The molecule has 8 heteroatoms. The van der Waals surface area contributed by atoms with Crippen LogP contribution in [0.2, 0.25) is 0 Å². The molecule has 108 valence electrons. The first-order valence-electron chi connectivity index (χ1n) is 6.43. The Bertz CT molecular complexity index is 527. The van der Waals surface area contributed by atoms with Crippen molar-refractivity contribution in [2.45, 2.75) is 31.0 Å². The molecular weight excluding hydrogens is 266 g/mol. The second kappa shape index (κ2) is 5.58. The first-order valence-corrected chi connectivity index (χ1v) is 7.87. The first-order chi connectivity index (χ1) is 9.00. The summed E-state index contributed by atoms with van der Waals surface area (Å²) in [6.45, 7) is 3.98. The van der Waals surface area contributed by atoms with Gasteiger partial charge in [-0.1, -0.05) is 6.92 Å². The fourth-order valence-corrected chi connectivity index (χ4v) is 3.96. The van der Waals surface area contributed by atoms with E-state index in [0.29, 0.717) is 18.7 Å². The summed E-state index contributed by atoms with van der Waals surface area (Å²) in [4.78, 5) is 2.20. The third-order valence-corrected chi connectivity index (χ3v) is 5.59. The predicted molar refractivity (Wildman–Crippen MR) is 71.9 cm³/mol. The number of nitrogens with one attached hydrogen (secondary N) is 1. The molecule has 0 spiro atoms. The highest BCUT2D eigenvalue weighted by molar-refractivity contribution is 7.89. The summed E-state index contributed by atoms with van der Waals surface area (Å²) in [6, 6.07) is 0.257. The topological polar surface area (TPSA) is 95.3 Å². The molecule has 0 saturated carbocycles. The number of hydrogen-bond donors (Lipinski definition) is 2. The molecule has 1 aromatic rings. The largest absolute Gasteiger partial charge is 0.326 e. The summed E-state index contributed by atoms with van der Waals surface area (Å²) < 4.78 is 26.7. The van der Waals surface area contributed by atoms with E-state index in [9.17, 15) is 8.42 Å². The third-order valence-electron chi connectivity index (χ3n) is 3.71. The van der Waals surface area contributed by atoms with Crippen LogP contribution in [-0.4, -0.2) is 60.5 Å². The average molecular weight is 287 g/mol. The standard InChI is InChI=1S/C11H21N5O2S/c1-3-10-8-16(5-4-15(10)2)19(17,18)11-9(6-12)7-13-14-11/h7,10H,3-6,8,12H2,1-2H3,(H,13,14). The van der Waals surface area contributed by atoms with E-state index in [4.69, 9.17) is 5.73 Å². The Morgan fingerprint density at radius 1 is 1.53 bits per heavy atom. The maximum atomic E-state index is 12.6.